The predicted molar refractivity (Wildman–Crippen MR) is 111 cm³/mol. The minimum atomic E-state index is -0.615. The van der Waals surface area contributed by atoms with Crippen molar-refractivity contribution in [2.24, 2.45) is 17.8 Å². The molecule has 1 aliphatic heterocycles. The Kier molecular flexibility index (Phi) is 7.53. The Bertz CT molecular complexity index is 640. The number of ether oxygens (including phenoxy) is 1. The molecule has 1 aromatic carbocycles. The molecule has 3 heteroatoms. The predicted octanol–water partition coefficient (Wildman–Crippen LogP) is 7.55. The highest BCUT2D eigenvalue weighted by Crippen LogP contribution is 2.45. The average molecular weight is 393 g/mol. The van der Waals surface area contributed by atoms with Gasteiger partial charge >= 0.3 is 0 Å². The third-order valence-corrected chi connectivity index (χ3v) is 7.38. The summed E-state index contributed by atoms with van der Waals surface area (Å²) in [4.78, 5) is 0. The summed E-state index contributed by atoms with van der Waals surface area (Å²) in [7, 11) is 0. The molecule has 0 amide bonds. The second kappa shape index (κ2) is 9.69. The molecule has 1 unspecified atom stereocenters. The Morgan fingerprint density at radius 2 is 1.39 bits per heavy atom. The first-order chi connectivity index (χ1) is 13.5. The third-order valence-electron chi connectivity index (χ3n) is 7.38. The van der Waals surface area contributed by atoms with Gasteiger partial charge in [0.2, 0.25) is 0 Å². The van der Waals surface area contributed by atoms with Crippen LogP contribution in [0.1, 0.15) is 102 Å². The molecule has 1 aromatic rings. The second-order valence-corrected chi connectivity index (χ2v) is 9.19. The molecule has 158 valence electrons. The fraction of sp³-hybridized carbons (Fsp3) is 0.760. The van der Waals surface area contributed by atoms with Crippen molar-refractivity contribution in [3.05, 3.63) is 34.4 Å². The molecule has 1 nitrogen and oxygen atoms in total. The zero-order valence-corrected chi connectivity index (χ0v) is 18.2. The minimum Gasteiger partial charge on any atom is -0.373 e. The lowest BCUT2D eigenvalue weighted by atomic mass is 9.68. The molecule has 2 saturated carbocycles. The maximum absolute atomic E-state index is 14.8. The SMILES string of the molecule is CC.CC1CCC(C2CCC(c3cc4c(c(F)c3F)CC(C)OC4)CC2)CC1. The lowest BCUT2D eigenvalue weighted by Crippen LogP contribution is -2.26. The zero-order chi connectivity index (χ0) is 20.3. The molecule has 0 bridgehead atoms. The quantitative estimate of drug-likeness (QED) is 0.505. The van der Waals surface area contributed by atoms with Gasteiger partial charge in [-0.25, -0.2) is 8.78 Å². The molecule has 28 heavy (non-hydrogen) atoms. The van der Waals surface area contributed by atoms with E-state index in [-0.39, 0.29) is 12.0 Å². The number of benzene rings is 1. The Morgan fingerprint density at radius 1 is 0.821 bits per heavy atom. The van der Waals surface area contributed by atoms with E-state index in [9.17, 15) is 8.78 Å². The van der Waals surface area contributed by atoms with Crippen molar-refractivity contribution in [2.45, 2.75) is 104 Å². The van der Waals surface area contributed by atoms with Crippen LogP contribution in [0.4, 0.5) is 8.78 Å². The van der Waals surface area contributed by atoms with E-state index in [0.717, 1.165) is 36.2 Å². The van der Waals surface area contributed by atoms with Crippen molar-refractivity contribution >= 4 is 0 Å². The van der Waals surface area contributed by atoms with Gasteiger partial charge in [-0.2, -0.15) is 0 Å². The number of hydrogen-bond acceptors (Lipinski definition) is 1. The summed E-state index contributed by atoms with van der Waals surface area (Å²) in [5, 5.41) is 0. The van der Waals surface area contributed by atoms with E-state index in [4.69, 9.17) is 4.74 Å². The Labute approximate surface area is 170 Å². The molecular weight excluding hydrogens is 354 g/mol. The molecule has 1 atom stereocenters. The minimum absolute atomic E-state index is 0.0316. The smallest absolute Gasteiger partial charge is 0.162 e. The van der Waals surface area contributed by atoms with Crippen LogP contribution in [0.15, 0.2) is 6.07 Å². The van der Waals surface area contributed by atoms with Gasteiger partial charge in [0.25, 0.3) is 0 Å². The summed E-state index contributed by atoms with van der Waals surface area (Å²) in [6.07, 6.45) is 10.3. The highest BCUT2D eigenvalue weighted by Gasteiger charge is 2.33. The van der Waals surface area contributed by atoms with Gasteiger partial charge in [-0.3, -0.25) is 0 Å². The molecule has 0 N–H and O–H groups in total. The van der Waals surface area contributed by atoms with E-state index in [0.29, 0.717) is 24.2 Å². The Morgan fingerprint density at radius 3 is 2.00 bits per heavy atom. The second-order valence-electron chi connectivity index (χ2n) is 9.19. The standard InChI is InChI=1S/C23H32F2O.C2H6/c1-14-3-5-16(6-4-14)17-7-9-18(10-8-17)21-12-19-13-26-15(2)11-20(19)22(24)23(21)25;1-2/h12,14-18H,3-11,13H2,1-2H3;1-2H3. The number of fused-ring (bicyclic) bond motifs is 1. The Balaban J connectivity index is 0.00000109. The van der Waals surface area contributed by atoms with Crippen molar-refractivity contribution in [1.29, 1.82) is 0 Å². The molecule has 0 aromatic heterocycles. The number of halogens is 2. The van der Waals surface area contributed by atoms with Gasteiger partial charge < -0.3 is 4.74 Å². The molecule has 0 saturated heterocycles. The highest BCUT2D eigenvalue weighted by molar-refractivity contribution is 5.38. The lowest BCUT2D eigenvalue weighted by Gasteiger charge is -2.37. The van der Waals surface area contributed by atoms with E-state index in [1.54, 1.807) is 0 Å². The highest BCUT2D eigenvalue weighted by atomic mass is 19.2. The first kappa shape index (κ1) is 21.7. The van der Waals surface area contributed by atoms with Gasteiger partial charge in [0.05, 0.1) is 12.7 Å². The van der Waals surface area contributed by atoms with Crippen LogP contribution in [0, 0.1) is 29.4 Å². The van der Waals surface area contributed by atoms with Crippen molar-refractivity contribution in [1.82, 2.24) is 0 Å². The van der Waals surface area contributed by atoms with Gasteiger partial charge in [0, 0.05) is 6.42 Å². The van der Waals surface area contributed by atoms with Crippen molar-refractivity contribution < 1.29 is 13.5 Å². The maximum Gasteiger partial charge on any atom is 0.162 e. The van der Waals surface area contributed by atoms with Gasteiger partial charge in [0.15, 0.2) is 11.6 Å². The van der Waals surface area contributed by atoms with Crippen LogP contribution in [0.3, 0.4) is 0 Å². The summed E-state index contributed by atoms with van der Waals surface area (Å²) in [5.41, 5.74) is 2.01. The van der Waals surface area contributed by atoms with Gasteiger partial charge in [-0.15, -0.1) is 0 Å². The maximum atomic E-state index is 14.8. The van der Waals surface area contributed by atoms with Gasteiger partial charge in [-0.1, -0.05) is 33.6 Å². The molecule has 2 fully saturated rings. The van der Waals surface area contributed by atoms with Crippen LogP contribution in [-0.2, 0) is 17.8 Å². The molecular formula is C25H38F2O. The Hall–Kier alpha value is -0.960. The molecule has 1 heterocycles. The van der Waals surface area contributed by atoms with Crippen LogP contribution >= 0.6 is 0 Å². The largest absolute Gasteiger partial charge is 0.373 e. The number of hydrogen-bond donors (Lipinski definition) is 0. The summed E-state index contributed by atoms with van der Waals surface area (Å²) in [6, 6.07) is 1.91. The molecule has 0 spiro atoms. The van der Waals surface area contributed by atoms with E-state index in [2.05, 4.69) is 6.92 Å². The lowest BCUT2D eigenvalue weighted by molar-refractivity contribution is 0.0394. The van der Waals surface area contributed by atoms with E-state index >= 15 is 0 Å². The monoisotopic (exact) mass is 392 g/mol. The van der Waals surface area contributed by atoms with Crippen LogP contribution in [-0.4, -0.2) is 6.10 Å². The van der Waals surface area contributed by atoms with Crippen molar-refractivity contribution in [3.8, 4) is 0 Å². The molecule has 3 aliphatic rings. The molecule has 2 aliphatic carbocycles. The fourth-order valence-electron chi connectivity index (χ4n) is 5.62. The topological polar surface area (TPSA) is 9.23 Å². The number of rotatable bonds is 2. The summed E-state index contributed by atoms with van der Waals surface area (Å²) < 4.78 is 35.1. The van der Waals surface area contributed by atoms with Crippen molar-refractivity contribution in [3.63, 3.8) is 0 Å². The summed E-state index contributed by atoms with van der Waals surface area (Å²) in [6.45, 7) is 8.70. The first-order valence-corrected chi connectivity index (χ1v) is 11.6. The van der Waals surface area contributed by atoms with Crippen LogP contribution in [0.25, 0.3) is 0 Å². The summed E-state index contributed by atoms with van der Waals surface area (Å²) >= 11 is 0. The van der Waals surface area contributed by atoms with Crippen LogP contribution in [0.2, 0.25) is 0 Å². The van der Waals surface area contributed by atoms with E-state index in [1.807, 2.05) is 26.8 Å². The third kappa shape index (κ3) is 4.61. The van der Waals surface area contributed by atoms with Gasteiger partial charge in [-0.05, 0) is 91.9 Å². The molecule has 0 radical (unpaired) electrons. The fourth-order valence-corrected chi connectivity index (χ4v) is 5.62. The van der Waals surface area contributed by atoms with Crippen LogP contribution in [0.5, 0.6) is 0 Å². The van der Waals surface area contributed by atoms with Gasteiger partial charge in [0.1, 0.15) is 0 Å². The zero-order valence-electron chi connectivity index (χ0n) is 18.2. The van der Waals surface area contributed by atoms with Crippen LogP contribution < -0.4 is 0 Å². The van der Waals surface area contributed by atoms with E-state index < -0.39 is 11.6 Å². The van der Waals surface area contributed by atoms with Crippen molar-refractivity contribution in [2.75, 3.05) is 0 Å². The summed E-state index contributed by atoms with van der Waals surface area (Å²) in [5.74, 6) is 1.53. The molecule has 4 rings (SSSR count). The first-order valence-electron chi connectivity index (χ1n) is 11.6. The normalized spacial score (nSPS) is 32.9. The van der Waals surface area contributed by atoms with E-state index in [1.165, 1.54) is 38.5 Å². The average Bonchev–Trinajstić information content (AvgIpc) is 2.73.